The number of sulfonamides is 1. The van der Waals surface area contributed by atoms with E-state index in [0.29, 0.717) is 15.7 Å². The molecule has 6 heteroatoms. The van der Waals surface area contributed by atoms with E-state index in [1.165, 1.54) is 6.20 Å². The number of pyridine rings is 1. The molecule has 0 amide bonds. The van der Waals surface area contributed by atoms with Crippen LogP contribution in [0.15, 0.2) is 52.1 Å². The van der Waals surface area contributed by atoms with Gasteiger partial charge in [0.15, 0.2) is 0 Å². The predicted molar refractivity (Wildman–Crippen MR) is 73.9 cm³/mol. The number of nitrogens with one attached hydrogen (secondary N) is 1. The Balaban J connectivity index is 2.37. The lowest BCUT2D eigenvalue weighted by Gasteiger charge is -2.09. The van der Waals surface area contributed by atoms with Crippen LogP contribution >= 0.6 is 15.9 Å². The summed E-state index contributed by atoms with van der Waals surface area (Å²) in [5, 5.41) is 0. The standard InChI is InChI=1S/C12H11BrN2O2S/c1-9-4-2-3-5-12(9)18(16,17)15-11-6-10(13)7-14-8-11/h2-8,15H,1H3. The van der Waals surface area contributed by atoms with Crippen molar-refractivity contribution in [1.29, 1.82) is 0 Å². The van der Waals surface area contributed by atoms with E-state index in [0.717, 1.165) is 0 Å². The van der Waals surface area contributed by atoms with Crippen molar-refractivity contribution in [1.82, 2.24) is 4.98 Å². The van der Waals surface area contributed by atoms with E-state index in [1.54, 1.807) is 43.5 Å². The molecule has 0 saturated carbocycles. The molecule has 2 rings (SSSR count). The van der Waals surface area contributed by atoms with E-state index >= 15 is 0 Å². The van der Waals surface area contributed by atoms with Gasteiger partial charge < -0.3 is 0 Å². The first-order valence-corrected chi connectivity index (χ1v) is 7.46. The topological polar surface area (TPSA) is 59.1 Å². The quantitative estimate of drug-likeness (QED) is 0.943. The number of aromatic nitrogens is 1. The summed E-state index contributed by atoms with van der Waals surface area (Å²) in [6.45, 7) is 1.76. The summed E-state index contributed by atoms with van der Waals surface area (Å²) in [5.74, 6) is 0. The number of rotatable bonds is 3. The Labute approximate surface area is 114 Å². The van der Waals surface area contributed by atoms with Crippen LogP contribution in [0.2, 0.25) is 0 Å². The van der Waals surface area contributed by atoms with E-state index < -0.39 is 10.0 Å². The molecule has 0 aliphatic carbocycles. The van der Waals surface area contributed by atoms with Gasteiger partial charge in [0.25, 0.3) is 10.0 Å². The van der Waals surface area contributed by atoms with Gasteiger partial charge in [0.05, 0.1) is 16.8 Å². The molecule has 0 bridgehead atoms. The number of hydrogen-bond donors (Lipinski definition) is 1. The second-order valence-electron chi connectivity index (χ2n) is 3.76. The average Bonchev–Trinajstić information content (AvgIpc) is 2.28. The molecule has 0 unspecified atom stereocenters. The molecule has 94 valence electrons. The molecule has 0 spiro atoms. The first kappa shape index (κ1) is 13.0. The zero-order valence-electron chi connectivity index (χ0n) is 9.59. The molecule has 1 aromatic carbocycles. The van der Waals surface area contributed by atoms with Gasteiger partial charge in [0.1, 0.15) is 0 Å². The molecule has 0 aliphatic heterocycles. The van der Waals surface area contributed by atoms with E-state index in [1.807, 2.05) is 0 Å². The van der Waals surface area contributed by atoms with Crippen LogP contribution in [0.25, 0.3) is 0 Å². The molecule has 1 aromatic heterocycles. The van der Waals surface area contributed by atoms with Crippen LogP contribution in [-0.4, -0.2) is 13.4 Å². The monoisotopic (exact) mass is 326 g/mol. The van der Waals surface area contributed by atoms with Crippen molar-refractivity contribution in [3.8, 4) is 0 Å². The highest BCUT2D eigenvalue weighted by Crippen LogP contribution is 2.20. The lowest BCUT2D eigenvalue weighted by Crippen LogP contribution is -2.14. The number of hydrogen-bond acceptors (Lipinski definition) is 3. The van der Waals surface area contributed by atoms with Gasteiger partial charge in [-0.25, -0.2) is 8.42 Å². The predicted octanol–water partition coefficient (Wildman–Crippen LogP) is 2.95. The number of halogens is 1. The minimum Gasteiger partial charge on any atom is -0.278 e. The highest BCUT2D eigenvalue weighted by atomic mass is 79.9. The Bertz CT molecular complexity index is 671. The van der Waals surface area contributed by atoms with Gasteiger partial charge in [-0.2, -0.15) is 0 Å². The molecular formula is C12H11BrN2O2S. The van der Waals surface area contributed by atoms with Gasteiger partial charge in [0.2, 0.25) is 0 Å². The normalized spacial score (nSPS) is 11.2. The molecule has 2 aromatic rings. The Morgan fingerprint density at radius 1 is 1.22 bits per heavy atom. The third-order valence-electron chi connectivity index (χ3n) is 2.34. The van der Waals surface area contributed by atoms with Crippen molar-refractivity contribution in [2.24, 2.45) is 0 Å². The maximum atomic E-state index is 12.2. The van der Waals surface area contributed by atoms with Gasteiger partial charge in [-0.3, -0.25) is 9.71 Å². The highest BCUT2D eigenvalue weighted by Gasteiger charge is 2.16. The summed E-state index contributed by atoms with van der Waals surface area (Å²) in [7, 11) is -3.57. The summed E-state index contributed by atoms with van der Waals surface area (Å²) >= 11 is 3.24. The molecule has 4 nitrogen and oxygen atoms in total. The van der Waals surface area contributed by atoms with Crippen molar-refractivity contribution < 1.29 is 8.42 Å². The molecular weight excluding hydrogens is 316 g/mol. The minimum atomic E-state index is -3.57. The molecule has 0 radical (unpaired) electrons. The van der Waals surface area contributed by atoms with Gasteiger partial charge in [-0.15, -0.1) is 0 Å². The highest BCUT2D eigenvalue weighted by molar-refractivity contribution is 9.10. The lowest BCUT2D eigenvalue weighted by atomic mass is 10.2. The summed E-state index contributed by atoms with van der Waals surface area (Å²) in [6.07, 6.45) is 3.05. The van der Waals surface area contributed by atoms with Crippen LogP contribution in [-0.2, 0) is 10.0 Å². The van der Waals surface area contributed by atoms with Crippen molar-refractivity contribution in [3.05, 3.63) is 52.8 Å². The van der Waals surface area contributed by atoms with Crippen LogP contribution in [0, 0.1) is 6.92 Å². The van der Waals surface area contributed by atoms with Crippen molar-refractivity contribution in [2.45, 2.75) is 11.8 Å². The molecule has 1 heterocycles. The fraction of sp³-hybridized carbons (Fsp3) is 0.0833. The molecule has 0 atom stereocenters. The maximum absolute atomic E-state index is 12.2. The van der Waals surface area contributed by atoms with Gasteiger partial charge in [-0.05, 0) is 40.5 Å². The number of anilines is 1. The Hall–Kier alpha value is -1.40. The smallest absolute Gasteiger partial charge is 0.262 e. The average molecular weight is 327 g/mol. The third-order valence-corrected chi connectivity index (χ3v) is 4.32. The molecule has 18 heavy (non-hydrogen) atoms. The van der Waals surface area contributed by atoms with Gasteiger partial charge in [0, 0.05) is 10.7 Å². The van der Waals surface area contributed by atoms with Gasteiger partial charge in [-0.1, -0.05) is 18.2 Å². The SMILES string of the molecule is Cc1ccccc1S(=O)(=O)Nc1cncc(Br)c1. The maximum Gasteiger partial charge on any atom is 0.262 e. The van der Waals surface area contributed by atoms with Crippen LogP contribution in [0.4, 0.5) is 5.69 Å². The Kier molecular flexibility index (Phi) is 3.68. The summed E-state index contributed by atoms with van der Waals surface area (Å²) in [6, 6.07) is 8.48. The molecule has 1 N–H and O–H groups in total. The fourth-order valence-electron chi connectivity index (χ4n) is 1.54. The molecule has 0 aliphatic rings. The second kappa shape index (κ2) is 5.07. The number of nitrogens with zero attached hydrogens (tertiary/aromatic N) is 1. The van der Waals surface area contributed by atoms with E-state index in [4.69, 9.17) is 0 Å². The Morgan fingerprint density at radius 2 is 1.94 bits per heavy atom. The zero-order valence-corrected chi connectivity index (χ0v) is 12.0. The largest absolute Gasteiger partial charge is 0.278 e. The van der Waals surface area contributed by atoms with Crippen LogP contribution < -0.4 is 4.72 Å². The number of benzene rings is 1. The second-order valence-corrected chi connectivity index (χ2v) is 6.33. The van der Waals surface area contributed by atoms with Crippen molar-refractivity contribution in [2.75, 3.05) is 4.72 Å². The lowest BCUT2D eigenvalue weighted by molar-refractivity contribution is 0.600. The summed E-state index contributed by atoms with van der Waals surface area (Å²) < 4.78 is 27.6. The molecule has 0 fully saturated rings. The summed E-state index contributed by atoms with van der Waals surface area (Å²) in [4.78, 5) is 4.18. The van der Waals surface area contributed by atoms with Crippen LogP contribution in [0.5, 0.6) is 0 Å². The van der Waals surface area contributed by atoms with Crippen LogP contribution in [0.3, 0.4) is 0 Å². The fourth-order valence-corrected chi connectivity index (χ4v) is 3.18. The van der Waals surface area contributed by atoms with E-state index in [9.17, 15) is 8.42 Å². The zero-order chi connectivity index (χ0) is 13.2. The van der Waals surface area contributed by atoms with Crippen molar-refractivity contribution in [3.63, 3.8) is 0 Å². The minimum absolute atomic E-state index is 0.268. The summed E-state index contributed by atoms with van der Waals surface area (Å²) in [5.41, 5.74) is 1.13. The van der Waals surface area contributed by atoms with E-state index in [2.05, 4.69) is 25.6 Å². The van der Waals surface area contributed by atoms with Gasteiger partial charge >= 0.3 is 0 Å². The van der Waals surface area contributed by atoms with Crippen LogP contribution in [0.1, 0.15) is 5.56 Å². The number of aryl methyl sites for hydroxylation is 1. The molecule has 0 saturated heterocycles. The van der Waals surface area contributed by atoms with E-state index in [-0.39, 0.29) is 4.90 Å². The Morgan fingerprint density at radius 3 is 2.61 bits per heavy atom. The first-order chi connectivity index (χ1) is 8.49. The van der Waals surface area contributed by atoms with Crippen molar-refractivity contribution >= 4 is 31.6 Å². The third kappa shape index (κ3) is 2.88. The first-order valence-electron chi connectivity index (χ1n) is 5.18.